The summed E-state index contributed by atoms with van der Waals surface area (Å²) in [5, 5.41) is 5.49. The van der Waals surface area contributed by atoms with Crippen molar-refractivity contribution in [2.24, 2.45) is 0 Å². The second kappa shape index (κ2) is 7.96. The smallest absolute Gasteiger partial charge is 0.337 e. The number of nitrogens with one attached hydrogen (secondary N) is 2. The summed E-state index contributed by atoms with van der Waals surface area (Å²) in [5.41, 5.74) is -2.68. The van der Waals surface area contributed by atoms with Gasteiger partial charge in [-0.3, -0.25) is 9.59 Å². The van der Waals surface area contributed by atoms with Crippen LogP contribution >= 0.6 is 0 Å². The molecule has 2 amide bonds. The van der Waals surface area contributed by atoms with Gasteiger partial charge in [-0.1, -0.05) is 60.7 Å². The maximum Gasteiger partial charge on any atom is 0.337 e. The zero-order valence-corrected chi connectivity index (χ0v) is 17.6. The Kier molecular flexibility index (Phi) is 5.30. The van der Waals surface area contributed by atoms with E-state index in [2.05, 4.69) is 10.6 Å². The van der Waals surface area contributed by atoms with Crippen molar-refractivity contribution in [2.45, 2.75) is 23.9 Å². The molecule has 1 fully saturated rings. The molecule has 3 heterocycles. The summed E-state index contributed by atoms with van der Waals surface area (Å²) >= 11 is 0. The highest BCUT2D eigenvalue weighted by atomic mass is 16.5. The summed E-state index contributed by atoms with van der Waals surface area (Å²) in [4.78, 5) is 53.0. The minimum Gasteiger partial charge on any atom is -0.466 e. The third kappa shape index (κ3) is 3.15. The zero-order chi connectivity index (χ0) is 22.9. The first kappa shape index (κ1) is 21.3. The molecule has 3 aliphatic rings. The fourth-order valence-electron chi connectivity index (χ4n) is 4.48. The summed E-state index contributed by atoms with van der Waals surface area (Å²) in [6.45, 7) is 0. The van der Waals surface area contributed by atoms with E-state index in [0.29, 0.717) is 11.1 Å². The van der Waals surface area contributed by atoms with Crippen molar-refractivity contribution in [2.75, 3.05) is 14.2 Å². The number of carbonyl (C=O) groups excluding carboxylic acids is 4. The first-order chi connectivity index (χ1) is 15.4. The van der Waals surface area contributed by atoms with Gasteiger partial charge < -0.3 is 20.1 Å². The van der Waals surface area contributed by atoms with E-state index in [1.165, 1.54) is 0 Å². The van der Waals surface area contributed by atoms with Gasteiger partial charge in [0.2, 0.25) is 0 Å². The highest BCUT2D eigenvalue weighted by molar-refractivity contribution is 6.22. The van der Waals surface area contributed by atoms with Gasteiger partial charge in [0.1, 0.15) is 0 Å². The van der Waals surface area contributed by atoms with Crippen LogP contribution in [0.25, 0.3) is 0 Å². The molecule has 164 valence electrons. The number of rotatable bonds is 6. The third-order valence-corrected chi connectivity index (χ3v) is 5.94. The molecule has 1 saturated heterocycles. The van der Waals surface area contributed by atoms with Crippen LogP contribution in [0, 0.1) is 0 Å². The average Bonchev–Trinajstić information content (AvgIpc) is 2.80. The Hall–Kier alpha value is -3.94. The van der Waals surface area contributed by atoms with Crippen molar-refractivity contribution in [1.29, 1.82) is 0 Å². The predicted molar refractivity (Wildman–Crippen MR) is 113 cm³/mol. The first-order valence-corrected chi connectivity index (χ1v) is 10.0. The number of carbonyl (C=O) groups is 4. The Morgan fingerprint density at radius 1 is 0.688 bits per heavy atom. The number of amides is 2. The molecule has 0 aromatic heterocycles. The molecule has 32 heavy (non-hydrogen) atoms. The van der Waals surface area contributed by atoms with E-state index >= 15 is 0 Å². The van der Waals surface area contributed by atoms with Crippen molar-refractivity contribution in [1.82, 2.24) is 10.6 Å². The Labute approximate surface area is 184 Å². The topological polar surface area (TPSA) is 111 Å². The van der Waals surface area contributed by atoms with Crippen LogP contribution < -0.4 is 10.6 Å². The fraction of sp³-hybridized carbons (Fsp3) is 0.250. The molecule has 0 radical (unpaired) electrons. The van der Waals surface area contributed by atoms with Gasteiger partial charge in [-0.05, 0) is 11.1 Å². The van der Waals surface area contributed by atoms with Gasteiger partial charge in [0, 0.05) is 12.8 Å². The van der Waals surface area contributed by atoms with E-state index in [-0.39, 0.29) is 24.0 Å². The minimum atomic E-state index is -1.81. The van der Waals surface area contributed by atoms with Crippen LogP contribution in [0.5, 0.6) is 0 Å². The zero-order valence-electron chi connectivity index (χ0n) is 17.6. The second-order valence-electron chi connectivity index (χ2n) is 7.78. The highest BCUT2D eigenvalue weighted by Crippen LogP contribution is 2.43. The van der Waals surface area contributed by atoms with Crippen molar-refractivity contribution >= 4 is 23.8 Å². The van der Waals surface area contributed by atoms with Crippen LogP contribution in [0.2, 0.25) is 0 Å². The van der Waals surface area contributed by atoms with Gasteiger partial charge in [0.05, 0.1) is 25.4 Å². The number of esters is 2. The van der Waals surface area contributed by atoms with Gasteiger partial charge >= 0.3 is 11.9 Å². The maximum atomic E-state index is 13.5. The summed E-state index contributed by atoms with van der Waals surface area (Å²) in [6.07, 6.45) is -0.0878. The Morgan fingerprint density at radius 3 is 1.34 bits per heavy atom. The molecule has 2 N–H and O–H groups in total. The number of ether oxygens (including phenoxy) is 2. The van der Waals surface area contributed by atoms with Gasteiger partial charge in [0.25, 0.3) is 11.8 Å². The molecule has 8 heteroatoms. The van der Waals surface area contributed by atoms with Crippen LogP contribution in [0.3, 0.4) is 0 Å². The number of fused-ring (bicyclic) bond motifs is 2. The van der Waals surface area contributed by atoms with Gasteiger partial charge in [0.15, 0.2) is 11.1 Å². The molecule has 5 rings (SSSR count). The molecule has 2 aromatic rings. The molecule has 2 atom stereocenters. The summed E-state index contributed by atoms with van der Waals surface area (Å²) in [6, 6.07) is 17.8. The Bertz CT molecular complexity index is 1040. The second-order valence-corrected chi connectivity index (χ2v) is 7.78. The molecule has 8 nitrogen and oxygen atoms in total. The lowest BCUT2D eigenvalue weighted by atomic mass is 9.65. The Morgan fingerprint density at radius 2 is 1.03 bits per heavy atom. The van der Waals surface area contributed by atoms with Gasteiger partial charge in [-0.15, -0.1) is 0 Å². The molecule has 2 unspecified atom stereocenters. The minimum absolute atomic E-state index is 0.0439. The standard InChI is InChI=1S/C24H22N2O6/c1-31-19(27)17-18(20(28)32-2)24(14-16-11-7-4-8-12-16)22(30)25-23(17,21(29)26-24)13-15-9-5-3-6-10-15/h3-12H,13-14H2,1-2H3,(H,25,30)(H,26,29). The van der Waals surface area contributed by atoms with E-state index in [4.69, 9.17) is 9.47 Å². The molecule has 0 spiro atoms. The normalized spacial score (nSPS) is 23.9. The molecule has 0 aliphatic carbocycles. The van der Waals surface area contributed by atoms with E-state index < -0.39 is 34.8 Å². The molecular formula is C24H22N2O6. The Balaban J connectivity index is 1.98. The molecule has 2 bridgehead atoms. The fourth-order valence-corrected chi connectivity index (χ4v) is 4.48. The van der Waals surface area contributed by atoms with Crippen molar-refractivity contribution in [3.05, 3.63) is 82.9 Å². The van der Waals surface area contributed by atoms with E-state index in [1.54, 1.807) is 48.5 Å². The molecule has 0 saturated carbocycles. The van der Waals surface area contributed by atoms with Gasteiger partial charge in [-0.2, -0.15) is 0 Å². The summed E-state index contributed by atoms with van der Waals surface area (Å²) < 4.78 is 9.95. The third-order valence-electron chi connectivity index (χ3n) is 5.94. The number of benzene rings is 2. The van der Waals surface area contributed by atoms with E-state index in [0.717, 1.165) is 14.2 Å². The number of hydrogen-bond donors (Lipinski definition) is 2. The van der Waals surface area contributed by atoms with Crippen LogP contribution in [-0.2, 0) is 41.5 Å². The largest absolute Gasteiger partial charge is 0.466 e. The molecular weight excluding hydrogens is 412 g/mol. The van der Waals surface area contributed by atoms with Gasteiger partial charge in [-0.25, -0.2) is 9.59 Å². The lowest BCUT2D eigenvalue weighted by molar-refractivity contribution is -0.153. The van der Waals surface area contributed by atoms with Crippen LogP contribution in [-0.4, -0.2) is 49.1 Å². The van der Waals surface area contributed by atoms with Crippen LogP contribution in [0.15, 0.2) is 71.8 Å². The lowest BCUT2D eigenvalue weighted by Crippen LogP contribution is -2.82. The summed E-state index contributed by atoms with van der Waals surface area (Å²) in [5.74, 6) is -2.95. The lowest BCUT2D eigenvalue weighted by Gasteiger charge is -2.52. The van der Waals surface area contributed by atoms with Crippen molar-refractivity contribution in [3.63, 3.8) is 0 Å². The maximum absolute atomic E-state index is 13.5. The van der Waals surface area contributed by atoms with Crippen LogP contribution in [0.4, 0.5) is 0 Å². The predicted octanol–water partition coefficient (Wildman–Crippen LogP) is 0.852. The highest BCUT2D eigenvalue weighted by Gasteiger charge is 2.67. The average molecular weight is 434 g/mol. The van der Waals surface area contributed by atoms with E-state index in [1.807, 2.05) is 12.1 Å². The monoisotopic (exact) mass is 434 g/mol. The van der Waals surface area contributed by atoms with Crippen LogP contribution in [0.1, 0.15) is 11.1 Å². The molecule has 2 aromatic carbocycles. The number of hydrogen-bond acceptors (Lipinski definition) is 6. The first-order valence-electron chi connectivity index (χ1n) is 10.0. The summed E-state index contributed by atoms with van der Waals surface area (Å²) in [7, 11) is 2.32. The SMILES string of the molecule is COC(=O)C1=C(C(=O)OC)C2(Cc3ccccc3)NC(=O)C1(Cc1ccccc1)NC2=O. The van der Waals surface area contributed by atoms with Crippen molar-refractivity contribution < 1.29 is 28.7 Å². The van der Waals surface area contributed by atoms with E-state index in [9.17, 15) is 19.2 Å². The van der Waals surface area contributed by atoms with Crippen molar-refractivity contribution in [3.8, 4) is 0 Å². The molecule has 3 aliphatic heterocycles. The number of piperazine rings is 1. The quantitative estimate of drug-likeness (QED) is 0.653. The number of methoxy groups -OCH3 is 2.